The van der Waals surface area contributed by atoms with Gasteiger partial charge < -0.3 is 14.8 Å². The van der Waals surface area contributed by atoms with E-state index < -0.39 is 0 Å². The number of amides is 1. The Morgan fingerprint density at radius 1 is 0.775 bits per heavy atom. The molecule has 0 bridgehead atoms. The van der Waals surface area contributed by atoms with E-state index in [0.717, 1.165) is 40.2 Å². The van der Waals surface area contributed by atoms with Crippen molar-refractivity contribution in [2.45, 2.75) is 19.0 Å². The van der Waals surface area contributed by atoms with Crippen LogP contribution in [0.15, 0.2) is 122 Å². The zero-order valence-electron chi connectivity index (χ0n) is 22.0. The van der Waals surface area contributed by atoms with Crippen molar-refractivity contribution in [3.05, 3.63) is 144 Å². The van der Waals surface area contributed by atoms with Crippen LogP contribution < -0.4 is 4.90 Å². The van der Waals surface area contributed by atoms with Crippen molar-refractivity contribution in [2.24, 2.45) is 0 Å². The van der Waals surface area contributed by atoms with Crippen molar-refractivity contribution in [2.75, 3.05) is 18.0 Å². The van der Waals surface area contributed by atoms with Crippen molar-refractivity contribution >= 4 is 36.4 Å². The molecule has 204 valence electrons. The lowest BCUT2D eigenvalue weighted by atomic mass is 9.90. The summed E-state index contributed by atoms with van der Waals surface area (Å²) in [5, 5.41) is 0. The fraction of sp³-hybridized carbons (Fsp3) is 0.152. The molecule has 5 aromatic rings. The molecule has 1 aliphatic heterocycles. The molecule has 0 radical (unpaired) electrons. The topological polar surface area (TPSA) is 52.2 Å². The van der Waals surface area contributed by atoms with E-state index >= 15 is 0 Å². The van der Waals surface area contributed by atoms with Crippen molar-refractivity contribution in [1.29, 1.82) is 0 Å². The van der Waals surface area contributed by atoms with Gasteiger partial charge in [0.2, 0.25) is 5.91 Å². The monoisotopic (exact) mass is 570 g/mol. The first-order chi connectivity index (χ1) is 18.8. The maximum Gasteiger partial charge on any atom is 0.234 e. The van der Waals surface area contributed by atoms with Gasteiger partial charge in [0, 0.05) is 31.5 Å². The highest BCUT2D eigenvalue weighted by atomic mass is 35.5. The minimum atomic E-state index is -0.350. The minimum absolute atomic E-state index is 0. The number of nitrogens with one attached hydrogen (secondary N) is 1. The average molecular weight is 572 g/mol. The Hall–Kier alpha value is -4.06. The molecule has 1 amide bonds. The van der Waals surface area contributed by atoms with Crippen LogP contribution in [0.2, 0.25) is 0 Å². The fourth-order valence-electron chi connectivity index (χ4n) is 5.36. The summed E-state index contributed by atoms with van der Waals surface area (Å²) in [6, 6.07) is 37.3. The first kappa shape index (κ1) is 28.9. The van der Waals surface area contributed by atoms with Gasteiger partial charge in [-0.15, -0.1) is 24.8 Å². The summed E-state index contributed by atoms with van der Waals surface area (Å²) < 4.78 is 0. The van der Waals surface area contributed by atoms with Gasteiger partial charge in [0.05, 0.1) is 24.5 Å². The van der Waals surface area contributed by atoms with Gasteiger partial charge in [0.25, 0.3) is 0 Å². The number of carbonyl (C=O) groups is 1. The number of aromatic nitrogens is 2. The third-order valence-electron chi connectivity index (χ3n) is 7.27. The molecule has 6 rings (SSSR count). The summed E-state index contributed by atoms with van der Waals surface area (Å²) >= 11 is 0. The number of hydrogen-bond acceptors (Lipinski definition) is 3. The Morgan fingerprint density at radius 3 is 2.00 bits per heavy atom. The summed E-state index contributed by atoms with van der Waals surface area (Å²) in [5.74, 6) is -0.223. The Bertz CT molecular complexity index is 1460. The number of fused-ring (bicyclic) bond motifs is 1. The predicted molar refractivity (Wildman–Crippen MR) is 166 cm³/mol. The Kier molecular flexibility index (Phi) is 9.65. The highest BCUT2D eigenvalue weighted by Crippen LogP contribution is 2.34. The number of H-pyrrole nitrogens is 1. The molecule has 0 fully saturated rings. The first-order valence-electron chi connectivity index (χ1n) is 13.1. The Labute approximate surface area is 247 Å². The number of hydrogen-bond donors (Lipinski definition) is 1. The third-order valence-corrected chi connectivity index (χ3v) is 7.27. The molecule has 1 aromatic heterocycles. The van der Waals surface area contributed by atoms with Crippen LogP contribution in [-0.2, 0) is 17.9 Å². The standard InChI is InChI=1S/C33H30N4O.2ClH/c38-33(32(26-12-6-2-7-13-26)27-14-8-3-9-15-27)37-19-18-36(23-30-21-34-24-35-30)31-17-16-28(20-29(31)22-37)25-10-4-1-5-11-25;;/h1-17,20-21,24,32H,18-19,22-23H2,(H,34,35);2*1H. The number of halogens is 2. The summed E-state index contributed by atoms with van der Waals surface area (Å²) in [5.41, 5.74) is 7.71. The second kappa shape index (κ2) is 13.3. The molecule has 40 heavy (non-hydrogen) atoms. The van der Waals surface area contributed by atoms with E-state index in [1.165, 1.54) is 5.56 Å². The molecule has 4 aromatic carbocycles. The van der Waals surface area contributed by atoms with Crippen molar-refractivity contribution in [1.82, 2.24) is 14.9 Å². The maximum atomic E-state index is 14.3. The van der Waals surface area contributed by atoms with E-state index in [9.17, 15) is 4.79 Å². The third kappa shape index (κ3) is 6.22. The number of aromatic amines is 1. The lowest BCUT2D eigenvalue weighted by Gasteiger charge is -2.27. The number of anilines is 1. The minimum Gasteiger partial charge on any atom is -0.364 e. The van der Waals surface area contributed by atoms with Crippen LogP contribution in [0.5, 0.6) is 0 Å². The van der Waals surface area contributed by atoms with Crippen LogP contribution in [0.1, 0.15) is 28.3 Å². The molecule has 0 aliphatic carbocycles. The van der Waals surface area contributed by atoms with E-state index in [4.69, 9.17) is 0 Å². The molecule has 5 nitrogen and oxygen atoms in total. The summed E-state index contributed by atoms with van der Waals surface area (Å²) in [6.45, 7) is 2.64. The molecular formula is C33H32Cl2N4O. The second-order valence-corrected chi connectivity index (χ2v) is 9.72. The van der Waals surface area contributed by atoms with Gasteiger partial charge in [-0.1, -0.05) is 97.1 Å². The van der Waals surface area contributed by atoms with E-state index in [-0.39, 0.29) is 36.6 Å². The molecule has 0 saturated carbocycles. The first-order valence-corrected chi connectivity index (χ1v) is 13.1. The highest BCUT2D eigenvalue weighted by Gasteiger charge is 2.30. The number of nitrogens with zero attached hydrogens (tertiary/aromatic N) is 3. The number of carbonyl (C=O) groups excluding carboxylic acids is 1. The number of benzene rings is 4. The SMILES string of the molecule is Cl.Cl.O=C(C(c1ccccc1)c1ccccc1)N1CCN(Cc2cnc[nH]2)c2ccc(-c3ccccc3)cc2C1. The molecule has 0 saturated heterocycles. The molecule has 0 atom stereocenters. The van der Waals surface area contributed by atoms with Gasteiger partial charge in [0.15, 0.2) is 0 Å². The second-order valence-electron chi connectivity index (χ2n) is 9.72. The van der Waals surface area contributed by atoms with E-state index in [1.807, 2.05) is 53.6 Å². The Balaban J connectivity index is 0.00000185. The molecular weight excluding hydrogens is 539 g/mol. The number of rotatable bonds is 6. The quantitative estimate of drug-likeness (QED) is 0.237. The van der Waals surface area contributed by atoms with E-state index in [0.29, 0.717) is 19.6 Å². The zero-order chi connectivity index (χ0) is 25.7. The van der Waals surface area contributed by atoms with Crippen LogP contribution >= 0.6 is 24.8 Å². The van der Waals surface area contributed by atoms with Crippen LogP contribution in [0.4, 0.5) is 5.69 Å². The van der Waals surface area contributed by atoms with Crippen LogP contribution in [0, 0.1) is 0 Å². The van der Waals surface area contributed by atoms with Crippen LogP contribution in [0.25, 0.3) is 11.1 Å². The van der Waals surface area contributed by atoms with Crippen molar-refractivity contribution < 1.29 is 4.79 Å². The smallest absolute Gasteiger partial charge is 0.234 e. The molecule has 0 spiro atoms. The summed E-state index contributed by atoms with van der Waals surface area (Å²) in [7, 11) is 0. The van der Waals surface area contributed by atoms with E-state index in [1.54, 1.807) is 6.33 Å². The van der Waals surface area contributed by atoms with Gasteiger partial charge in [-0.3, -0.25) is 4.79 Å². The molecule has 0 unspecified atom stereocenters. The average Bonchev–Trinajstić information content (AvgIpc) is 3.42. The van der Waals surface area contributed by atoms with Gasteiger partial charge in [-0.25, -0.2) is 4.98 Å². The van der Waals surface area contributed by atoms with Gasteiger partial charge in [-0.05, 0) is 39.9 Å². The maximum absolute atomic E-state index is 14.3. The summed E-state index contributed by atoms with van der Waals surface area (Å²) in [4.78, 5) is 26.2. The molecule has 7 heteroatoms. The lowest BCUT2D eigenvalue weighted by Crippen LogP contribution is -2.38. The van der Waals surface area contributed by atoms with Gasteiger partial charge in [-0.2, -0.15) is 0 Å². The van der Waals surface area contributed by atoms with E-state index in [2.05, 4.69) is 81.6 Å². The molecule has 1 N–H and O–H groups in total. The van der Waals surface area contributed by atoms with Gasteiger partial charge in [0.1, 0.15) is 0 Å². The molecule has 1 aliphatic rings. The van der Waals surface area contributed by atoms with Gasteiger partial charge >= 0.3 is 0 Å². The fourth-order valence-corrected chi connectivity index (χ4v) is 5.36. The van der Waals surface area contributed by atoms with Crippen LogP contribution in [0.3, 0.4) is 0 Å². The largest absolute Gasteiger partial charge is 0.364 e. The Morgan fingerprint density at radius 2 is 1.40 bits per heavy atom. The molecule has 2 heterocycles. The predicted octanol–water partition coefficient (Wildman–Crippen LogP) is 7.10. The van der Waals surface area contributed by atoms with Crippen LogP contribution in [-0.4, -0.2) is 33.9 Å². The lowest BCUT2D eigenvalue weighted by molar-refractivity contribution is -0.132. The summed E-state index contributed by atoms with van der Waals surface area (Å²) in [6.07, 6.45) is 3.58. The zero-order valence-corrected chi connectivity index (χ0v) is 23.7. The van der Waals surface area contributed by atoms with Crippen molar-refractivity contribution in [3.8, 4) is 11.1 Å². The highest BCUT2D eigenvalue weighted by molar-refractivity contribution is 5.88. The normalized spacial score (nSPS) is 12.6. The number of imidazole rings is 1. The van der Waals surface area contributed by atoms with Crippen molar-refractivity contribution in [3.63, 3.8) is 0 Å².